The van der Waals surface area contributed by atoms with Gasteiger partial charge >= 0.3 is 0 Å². The SMILES string of the molecule is O=[N+]([O-])c1cc(Cl)ccc1N1CCCC(O)C1. The summed E-state index contributed by atoms with van der Waals surface area (Å²) in [6.45, 7) is 1.15. The molecule has 17 heavy (non-hydrogen) atoms. The van der Waals surface area contributed by atoms with Gasteiger partial charge in [0, 0.05) is 24.2 Å². The van der Waals surface area contributed by atoms with Gasteiger partial charge in [-0.3, -0.25) is 10.1 Å². The maximum atomic E-state index is 11.0. The van der Waals surface area contributed by atoms with Crippen LogP contribution >= 0.6 is 11.6 Å². The van der Waals surface area contributed by atoms with Crippen LogP contribution in [0.1, 0.15) is 12.8 Å². The highest BCUT2D eigenvalue weighted by atomic mass is 35.5. The topological polar surface area (TPSA) is 66.6 Å². The van der Waals surface area contributed by atoms with Gasteiger partial charge in [0.05, 0.1) is 11.0 Å². The van der Waals surface area contributed by atoms with E-state index in [1.807, 2.05) is 4.90 Å². The molecule has 5 nitrogen and oxygen atoms in total. The quantitative estimate of drug-likeness (QED) is 0.651. The van der Waals surface area contributed by atoms with Gasteiger partial charge in [-0.25, -0.2) is 0 Å². The van der Waals surface area contributed by atoms with Gasteiger partial charge in [0.2, 0.25) is 0 Å². The highest BCUT2D eigenvalue weighted by molar-refractivity contribution is 6.30. The zero-order chi connectivity index (χ0) is 12.4. The Balaban J connectivity index is 2.33. The molecule has 0 saturated carbocycles. The van der Waals surface area contributed by atoms with Crippen molar-refractivity contribution in [1.29, 1.82) is 0 Å². The molecule has 0 spiro atoms. The fourth-order valence-electron chi connectivity index (χ4n) is 2.08. The Bertz CT molecular complexity index is 439. The maximum Gasteiger partial charge on any atom is 0.294 e. The summed E-state index contributed by atoms with van der Waals surface area (Å²) in [7, 11) is 0. The van der Waals surface area contributed by atoms with Gasteiger partial charge in [0.1, 0.15) is 5.69 Å². The molecule has 0 amide bonds. The second kappa shape index (κ2) is 4.89. The standard InChI is InChI=1S/C11H13ClN2O3/c12-8-3-4-10(11(6-8)14(16)17)13-5-1-2-9(15)7-13/h3-4,6,9,15H,1-2,5,7H2. The first-order valence-electron chi connectivity index (χ1n) is 5.45. The van der Waals surface area contributed by atoms with E-state index in [1.165, 1.54) is 6.07 Å². The number of nitro groups is 1. The lowest BCUT2D eigenvalue weighted by Gasteiger charge is -2.31. The molecule has 1 fully saturated rings. The molecule has 1 unspecified atom stereocenters. The molecular formula is C11H13ClN2O3. The highest BCUT2D eigenvalue weighted by Gasteiger charge is 2.24. The molecule has 1 aromatic rings. The second-order valence-corrected chi connectivity index (χ2v) is 4.57. The van der Waals surface area contributed by atoms with Crippen LogP contribution in [0.25, 0.3) is 0 Å². The van der Waals surface area contributed by atoms with Gasteiger partial charge in [0.25, 0.3) is 5.69 Å². The molecule has 0 radical (unpaired) electrons. The number of benzene rings is 1. The van der Waals surface area contributed by atoms with Crippen molar-refractivity contribution in [3.05, 3.63) is 33.3 Å². The summed E-state index contributed by atoms with van der Waals surface area (Å²) in [5.74, 6) is 0. The minimum Gasteiger partial charge on any atom is -0.391 e. The van der Waals surface area contributed by atoms with E-state index in [4.69, 9.17) is 11.6 Å². The van der Waals surface area contributed by atoms with Crippen molar-refractivity contribution in [3.8, 4) is 0 Å². The third-order valence-electron chi connectivity index (χ3n) is 2.87. The molecule has 6 heteroatoms. The number of halogens is 1. The van der Waals surface area contributed by atoms with E-state index < -0.39 is 11.0 Å². The molecule has 1 atom stereocenters. The predicted octanol–water partition coefficient (Wildman–Crippen LogP) is 2.21. The van der Waals surface area contributed by atoms with Gasteiger partial charge in [-0.2, -0.15) is 0 Å². The van der Waals surface area contributed by atoms with Gasteiger partial charge in [-0.1, -0.05) is 11.6 Å². The third-order valence-corrected chi connectivity index (χ3v) is 3.11. The number of β-amino-alcohol motifs (C(OH)–C–C–N with tert-alkyl or cyclic N) is 1. The largest absolute Gasteiger partial charge is 0.391 e. The van der Waals surface area contributed by atoms with E-state index >= 15 is 0 Å². The summed E-state index contributed by atoms with van der Waals surface area (Å²) in [4.78, 5) is 12.3. The van der Waals surface area contributed by atoms with E-state index in [-0.39, 0.29) is 5.69 Å². The Morgan fingerprint density at radius 2 is 2.29 bits per heavy atom. The van der Waals surface area contributed by atoms with Crippen molar-refractivity contribution in [3.63, 3.8) is 0 Å². The number of rotatable bonds is 2. The first-order valence-corrected chi connectivity index (χ1v) is 5.82. The molecule has 2 rings (SSSR count). The second-order valence-electron chi connectivity index (χ2n) is 4.13. The van der Waals surface area contributed by atoms with E-state index in [9.17, 15) is 15.2 Å². The number of nitro benzene ring substituents is 1. The lowest BCUT2D eigenvalue weighted by Crippen LogP contribution is -2.38. The molecular weight excluding hydrogens is 244 g/mol. The monoisotopic (exact) mass is 256 g/mol. The molecule has 1 saturated heterocycles. The van der Waals surface area contributed by atoms with Crippen LogP contribution in [-0.2, 0) is 0 Å². The van der Waals surface area contributed by atoms with Crippen molar-refractivity contribution in [2.45, 2.75) is 18.9 Å². The fraction of sp³-hybridized carbons (Fsp3) is 0.455. The van der Waals surface area contributed by atoms with Gasteiger partial charge < -0.3 is 10.0 Å². The lowest BCUT2D eigenvalue weighted by atomic mass is 10.1. The minimum absolute atomic E-state index is 0.00778. The van der Waals surface area contributed by atoms with Gasteiger partial charge in [0.15, 0.2) is 0 Å². The van der Waals surface area contributed by atoms with Crippen LogP contribution in [0.4, 0.5) is 11.4 Å². The van der Waals surface area contributed by atoms with Crippen LogP contribution < -0.4 is 4.90 Å². The van der Waals surface area contributed by atoms with Crippen LogP contribution in [0.15, 0.2) is 18.2 Å². The van der Waals surface area contributed by atoms with Crippen LogP contribution in [0.2, 0.25) is 5.02 Å². The van der Waals surface area contributed by atoms with Crippen LogP contribution in [0.3, 0.4) is 0 Å². The smallest absolute Gasteiger partial charge is 0.294 e. The zero-order valence-corrected chi connectivity index (χ0v) is 9.93. The van der Waals surface area contributed by atoms with Crippen molar-refractivity contribution >= 4 is 23.0 Å². The summed E-state index contributed by atoms with van der Waals surface area (Å²) >= 11 is 5.76. The minimum atomic E-state index is -0.442. The molecule has 1 aliphatic heterocycles. The Hall–Kier alpha value is -1.33. The number of anilines is 1. The highest BCUT2D eigenvalue weighted by Crippen LogP contribution is 2.32. The van der Waals surface area contributed by atoms with Crippen molar-refractivity contribution in [2.75, 3.05) is 18.0 Å². The zero-order valence-electron chi connectivity index (χ0n) is 9.17. The molecule has 0 aromatic heterocycles. The van der Waals surface area contributed by atoms with E-state index in [1.54, 1.807) is 12.1 Å². The van der Waals surface area contributed by atoms with Crippen molar-refractivity contribution in [2.24, 2.45) is 0 Å². The number of aliphatic hydroxyl groups is 1. The number of hydrogen-bond donors (Lipinski definition) is 1. The van der Waals surface area contributed by atoms with Gasteiger partial charge in [-0.15, -0.1) is 0 Å². The fourth-order valence-corrected chi connectivity index (χ4v) is 2.25. The summed E-state index contributed by atoms with van der Waals surface area (Å²) < 4.78 is 0. The Kier molecular flexibility index (Phi) is 3.49. The normalized spacial score (nSPS) is 20.4. The third kappa shape index (κ3) is 2.68. The number of aliphatic hydroxyl groups excluding tert-OH is 1. The Morgan fingerprint density at radius 3 is 2.94 bits per heavy atom. The van der Waals surface area contributed by atoms with E-state index in [0.29, 0.717) is 17.3 Å². The summed E-state index contributed by atoms with van der Waals surface area (Å²) in [6, 6.07) is 4.61. The number of piperidine rings is 1. The van der Waals surface area contributed by atoms with Crippen molar-refractivity contribution in [1.82, 2.24) is 0 Å². The number of nitrogens with zero attached hydrogens (tertiary/aromatic N) is 2. The van der Waals surface area contributed by atoms with Crippen molar-refractivity contribution < 1.29 is 10.0 Å². The summed E-state index contributed by atoms with van der Waals surface area (Å²) in [5.41, 5.74) is 0.518. The summed E-state index contributed by atoms with van der Waals surface area (Å²) in [6.07, 6.45) is 1.16. The average Bonchev–Trinajstić information content (AvgIpc) is 2.28. The van der Waals surface area contributed by atoms with Gasteiger partial charge in [-0.05, 0) is 25.0 Å². The van der Waals surface area contributed by atoms with Crippen LogP contribution in [-0.4, -0.2) is 29.2 Å². The van der Waals surface area contributed by atoms with E-state index in [2.05, 4.69) is 0 Å². The first-order chi connectivity index (χ1) is 8.08. The molecule has 1 aliphatic rings. The molecule has 0 aliphatic carbocycles. The lowest BCUT2D eigenvalue weighted by molar-refractivity contribution is -0.384. The molecule has 1 heterocycles. The number of hydrogen-bond acceptors (Lipinski definition) is 4. The molecule has 1 N–H and O–H groups in total. The predicted molar refractivity (Wildman–Crippen MR) is 65.6 cm³/mol. The molecule has 1 aromatic carbocycles. The Morgan fingerprint density at radius 1 is 1.53 bits per heavy atom. The van der Waals surface area contributed by atoms with E-state index in [0.717, 1.165) is 19.4 Å². The van der Waals surface area contributed by atoms with Crippen LogP contribution in [0.5, 0.6) is 0 Å². The molecule has 0 bridgehead atoms. The molecule has 92 valence electrons. The maximum absolute atomic E-state index is 11.0. The van der Waals surface area contributed by atoms with Crippen LogP contribution in [0, 0.1) is 10.1 Å². The summed E-state index contributed by atoms with van der Waals surface area (Å²) in [5, 5.41) is 20.9. The average molecular weight is 257 g/mol. The Labute approximate surface area is 104 Å². The first kappa shape index (κ1) is 12.1.